The van der Waals surface area contributed by atoms with E-state index >= 15 is 0 Å². The van der Waals surface area contributed by atoms with Gasteiger partial charge in [-0.3, -0.25) is 4.98 Å². The summed E-state index contributed by atoms with van der Waals surface area (Å²) in [5.74, 6) is 0.681. The largest absolute Gasteiger partial charge is 0.371 e. The van der Waals surface area contributed by atoms with Crippen molar-refractivity contribution in [2.24, 2.45) is 0 Å². The number of benzene rings is 3. The van der Waals surface area contributed by atoms with Gasteiger partial charge >= 0.3 is 0 Å². The molecule has 0 spiro atoms. The maximum Gasteiger partial charge on any atom is 0.179 e. The first-order valence-electron chi connectivity index (χ1n) is 11.3. The fourth-order valence-electron chi connectivity index (χ4n) is 4.36. The van der Waals surface area contributed by atoms with Crippen LogP contribution in [0.2, 0.25) is 0 Å². The molecule has 3 aromatic heterocycles. The molecule has 170 valence electrons. The second kappa shape index (κ2) is 9.18. The maximum atomic E-state index is 4.50. The molecule has 0 radical (unpaired) electrons. The lowest BCUT2D eigenvalue weighted by Crippen LogP contribution is -2.23. The first-order chi connectivity index (χ1) is 17.4. The van der Waals surface area contributed by atoms with Crippen LogP contribution >= 0.6 is 0 Å². The van der Waals surface area contributed by atoms with Crippen molar-refractivity contribution in [1.29, 1.82) is 0 Å². The smallest absolute Gasteiger partial charge is 0.179 e. The lowest BCUT2D eigenvalue weighted by atomic mass is 9.98. The third kappa shape index (κ3) is 4.13. The molecule has 35 heavy (non-hydrogen) atoms. The highest BCUT2D eigenvalue weighted by Gasteiger charge is 2.27. The van der Waals surface area contributed by atoms with Crippen LogP contribution in [0.3, 0.4) is 0 Å². The van der Waals surface area contributed by atoms with Crippen molar-refractivity contribution < 1.29 is 0 Å². The van der Waals surface area contributed by atoms with Crippen LogP contribution in [0.5, 0.6) is 0 Å². The van der Waals surface area contributed by atoms with Crippen molar-refractivity contribution in [3.63, 3.8) is 0 Å². The molecule has 8 nitrogen and oxygen atoms in total. The van der Waals surface area contributed by atoms with Crippen LogP contribution in [0, 0.1) is 0 Å². The third-order valence-corrected chi connectivity index (χ3v) is 6.00. The van der Waals surface area contributed by atoms with Gasteiger partial charge in [0, 0.05) is 23.6 Å². The number of H-pyrrole nitrogens is 1. The second-order valence-corrected chi connectivity index (χ2v) is 8.20. The standard InChI is InChI=1S/C27H22N8/c1-3-8-19(9-4-1)26(20-10-5-2-6-11-20)35-27(32-33-34-35)25(21-12-7-15-28-17-21)31-22-13-14-23-24(16-22)30-18-29-23/h1-18,25-26,31H,(H,29,30). The molecule has 2 N–H and O–H groups in total. The Morgan fingerprint density at radius 1 is 0.800 bits per heavy atom. The van der Waals surface area contributed by atoms with Gasteiger partial charge in [0.15, 0.2) is 5.82 Å². The summed E-state index contributed by atoms with van der Waals surface area (Å²) in [6.45, 7) is 0. The lowest BCUT2D eigenvalue weighted by molar-refractivity contribution is 0.539. The predicted molar refractivity (Wildman–Crippen MR) is 134 cm³/mol. The summed E-state index contributed by atoms with van der Waals surface area (Å²) in [4.78, 5) is 11.8. The van der Waals surface area contributed by atoms with Gasteiger partial charge in [-0.15, -0.1) is 5.10 Å². The number of pyridine rings is 1. The molecule has 0 bridgehead atoms. The topological polar surface area (TPSA) is 97.2 Å². The van der Waals surface area contributed by atoms with Crippen molar-refractivity contribution in [2.75, 3.05) is 5.32 Å². The average molecular weight is 459 g/mol. The summed E-state index contributed by atoms with van der Waals surface area (Å²) in [5, 5.41) is 16.7. The molecule has 1 atom stereocenters. The molecule has 0 fully saturated rings. The molecule has 0 saturated heterocycles. The number of hydrogen-bond acceptors (Lipinski definition) is 6. The summed E-state index contributed by atoms with van der Waals surface area (Å²) in [6, 6.07) is 30.0. The van der Waals surface area contributed by atoms with Crippen LogP contribution in [-0.4, -0.2) is 35.2 Å². The van der Waals surface area contributed by atoms with Crippen LogP contribution < -0.4 is 5.32 Å². The van der Waals surface area contributed by atoms with E-state index in [9.17, 15) is 0 Å². The Labute approximate surface area is 201 Å². The highest BCUT2D eigenvalue weighted by Crippen LogP contribution is 2.32. The number of rotatable bonds is 7. The highest BCUT2D eigenvalue weighted by atomic mass is 15.6. The number of fused-ring (bicyclic) bond motifs is 1. The fraction of sp³-hybridized carbons (Fsp3) is 0.0741. The van der Waals surface area contributed by atoms with E-state index in [1.165, 1.54) is 0 Å². The van der Waals surface area contributed by atoms with Crippen molar-refractivity contribution in [3.8, 4) is 0 Å². The van der Waals surface area contributed by atoms with E-state index < -0.39 is 0 Å². The summed E-state index contributed by atoms with van der Waals surface area (Å²) in [5.41, 5.74) is 5.92. The summed E-state index contributed by atoms with van der Waals surface area (Å²) in [7, 11) is 0. The van der Waals surface area contributed by atoms with E-state index in [1.807, 2.05) is 77.6 Å². The van der Waals surface area contributed by atoms with Crippen molar-refractivity contribution >= 4 is 16.7 Å². The number of aromatic nitrogens is 7. The number of aromatic amines is 1. The molecule has 8 heteroatoms. The number of nitrogens with one attached hydrogen (secondary N) is 2. The molecule has 3 heterocycles. The quantitative estimate of drug-likeness (QED) is 0.357. The van der Waals surface area contributed by atoms with Crippen LogP contribution in [0.1, 0.15) is 34.6 Å². The Bertz CT molecular complexity index is 1490. The highest BCUT2D eigenvalue weighted by molar-refractivity contribution is 5.78. The predicted octanol–water partition coefficient (Wildman–Crippen LogP) is 4.78. The minimum Gasteiger partial charge on any atom is -0.371 e. The van der Waals surface area contributed by atoms with Gasteiger partial charge < -0.3 is 10.3 Å². The van der Waals surface area contributed by atoms with Crippen LogP contribution in [0.4, 0.5) is 5.69 Å². The molecule has 3 aromatic carbocycles. The third-order valence-electron chi connectivity index (χ3n) is 6.00. The number of nitrogens with zero attached hydrogens (tertiary/aromatic N) is 6. The van der Waals surface area contributed by atoms with Gasteiger partial charge in [-0.05, 0) is 45.8 Å². The van der Waals surface area contributed by atoms with Gasteiger partial charge in [0.25, 0.3) is 0 Å². The minimum absolute atomic E-state index is 0.196. The van der Waals surface area contributed by atoms with E-state index in [1.54, 1.807) is 12.5 Å². The molecule has 6 aromatic rings. The number of imidazole rings is 1. The first-order valence-corrected chi connectivity index (χ1v) is 11.3. The van der Waals surface area contributed by atoms with E-state index in [2.05, 4.69) is 60.1 Å². The Kier molecular flexibility index (Phi) is 5.44. The average Bonchev–Trinajstić information content (AvgIpc) is 3.59. The first kappa shape index (κ1) is 20.7. The zero-order valence-electron chi connectivity index (χ0n) is 18.7. The monoisotopic (exact) mass is 458 g/mol. The van der Waals surface area contributed by atoms with Gasteiger partial charge in [0.2, 0.25) is 0 Å². The summed E-state index contributed by atoms with van der Waals surface area (Å²) >= 11 is 0. The Morgan fingerprint density at radius 3 is 2.26 bits per heavy atom. The summed E-state index contributed by atoms with van der Waals surface area (Å²) < 4.78 is 1.89. The maximum absolute atomic E-state index is 4.50. The molecule has 0 aliphatic carbocycles. The van der Waals surface area contributed by atoms with Gasteiger partial charge in [0.1, 0.15) is 12.1 Å². The van der Waals surface area contributed by atoms with Crippen molar-refractivity contribution in [2.45, 2.75) is 12.1 Å². The van der Waals surface area contributed by atoms with Crippen molar-refractivity contribution in [3.05, 3.63) is 132 Å². The molecule has 1 unspecified atom stereocenters. The zero-order chi connectivity index (χ0) is 23.5. The Hall–Kier alpha value is -4.85. The normalized spacial score (nSPS) is 12.1. The number of hydrogen-bond donors (Lipinski definition) is 2. The fourth-order valence-corrected chi connectivity index (χ4v) is 4.36. The number of anilines is 1. The van der Waals surface area contributed by atoms with Crippen LogP contribution in [0.15, 0.2) is 110 Å². The minimum atomic E-state index is -0.339. The van der Waals surface area contributed by atoms with Crippen molar-refractivity contribution in [1.82, 2.24) is 35.2 Å². The Balaban J connectivity index is 1.48. The molecule has 0 aliphatic rings. The molecule has 0 aliphatic heterocycles. The second-order valence-electron chi connectivity index (χ2n) is 8.20. The van der Waals surface area contributed by atoms with Gasteiger partial charge in [-0.2, -0.15) is 0 Å². The van der Waals surface area contributed by atoms with Gasteiger partial charge in [0.05, 0.1) is 17.4 Å². The SMILES string of the molecule is c1ccc(C(c2ccccc2)n2nnnc2C(Nc2ccc3nc[nH]c3c2)c2cccnc2)cc1. The van der Waals surface area contributed by atoms with Gasteiger partial charge in [-0.25, -0.2) is 9.67 Å². The van der Waals surface area contributed by atoms with E-state index in [-0.39, 0.29) is 12.1 Å². The van der Waals surface area contributed by atoms with Gasteiger partial charge in [-0.1, -0.05) is 66.7 Å². The molecule has 0 amide bonds. The zero-order valence-corrected chi connectivity index (χ0v) is 18.7. The van der Waals surface area contributed by atoms with E-state index in [0.717, 1.165) is 33.4 Å². The summed E-state index contributed by atoms with van der Waals surface area (Å²) in [6.07, 6.45) is 5.29. The molecule has 6 rings (SSSR count). The number of tetrazole rings is 1. The molecular formula is C27H22N8. The molecule has 0 saturated carbocycles. The van der Waals surface area contributed by atoms with E-state index in [0.29, 0.717) is 5.82 Å². The Morgan fingerprint density at radius 2 is 1.54 bits per heavy atom. The van der Waals surface area contributed by atoms with E-state index in [4.69, 9.17) is 0 Å². The lowest BCUT2D eigenvalue weighted by Gasteiger charge is -2.24. The van der Waals surface area contributed by atoms with Crippen LogP contribution in [0.25, 0.3) is 11.0 Å². The molecular weight excluding hydrogens is 436 g/mol. The van der Waals surface area contributed by atoms with Crippen LogP contribution in [-0.2, 0) is 0 Å².